The normalized spacial score (nSPS) is 10.0. The quantitative estimate of drug-likeness (QED) is 0.574. The first kappa shape index (κ1) is 18.9. The van der Waals surface area contributed by atoms with Crippen molar-refractivity contribution in [2.45, 2.75) is 0 Å². The van der Waals surface area contributed by atoms with Crippen molar-refractivity contribution in [1.29, 1.82) is 0 Å². The van der Waals surface area contributed by atoms with Crippen LogP contribution in [0, 0.1) is 5.82 Å². The molecule has 0 atom stereocenters. The Morgan fingerprint density at radius 3 is 2.11 bits per heavy atom. The highest BCUT2D eigenvalue weighted by atomic mass is 19.1. The van der Waals surface area contributed by atoms with Gasteiger partial charge in [0, 0.05) is 16.9 Å². The fraction of sp³-hybridized carbons (Fsp3) is 0.0476. The summed E-state index contributed by atoms with van der Waals surface area (Å²) >= 11 is 0. The molecule has 0 saturated heterocycles. The van der Waals surface area contributed by atoms with Gasteiger partial charge in [-0.2, -0.15) is 0 Å². The molecule has 7 heteroatoms. The maximum atomic E-state index is 12.8. The maximum absolute atomic E-state index is 12.8. The van der Waals surface area contributed by atoms with Crippen LogP contribution in [0.4, 0.5) is 15.8 Å². The van der Waals surface area contributed by atoms with Crippen LogP contribution >= 0.6 is 0 Å². The van der Waals surface area contributed by atoms with Crippen LogP contribution in [0.1, 0.15) is 10.4 Å². The number of carbonyl (C=O) groups excluding carboxylic acids is 2. The fourth-order valence-corrected chi connectivity index (χ4v) is 2.31. The van der Waals surface area contributed by atoms with Crippen LogP contribution in [0.5, 0.6) is 5.75 Å². The lowest BCUT2D eigenvalue weighted by atomic mass is 10.2. The molecule has 0 saturated carbocycles. The molecule has 0 aliphatic rings. The second-order valence-electron chi connectivity index (χ2n) is 5.81. The number of rotatable bonds is 6. The number of amides is 2. The zero-order chi connectivity index (χ0) is 19.8. The average molecular weight is 379 g/mol. The van der Waals surface area contributed by atoms with Crippen LogP contribution in [-0.2, 0) is 4.79 Å². The van der Waals surface area contributed by atoms with Crippen molar-refractivity contribution in [3.63, 3.8) is 0 Å². The lowest BCUT2D eigenvalue weighted by Crippen LogP contribution is -2.43. The molecule has 0 radical (unpaired) electrons. The van der Waals surface area contributed by atoms with E-state index in [1.165, 1.54) is 12.1 Å². The Morgan fingerprint density at radius 2 is 1.43 bits per heavy atom. The predicted octanol–water partition coefficient (Wildman–Crippen LogP) is 3.41. The number of benzene rings is 3. The van der Waals surface area contributed by atoms with E-state index in [1.54, 1.807) is 12.1 Å². The van der Waals surface area contributed by atoms with Crippen LogP contribution in [-0.4, -0.2) is 18.4 Å². The lowest BCUT2D eigenvalue weighted by molar-refractivity contribution is -0.123. The highest BCUT2D eigenvalue weighted by Gasteiger charge is 2.08. The summed E-state index contributed by atoms with van der Waals surface area (Å²) in [6.45, 7) is -0.269. The minimum absolute atomic E-state index is 0.226. The number of para-hydroxylation sites is 1. The van der Waals surface area contributed by atoms with E-state index in [0.717, 1.165) is 23.5 Å². The largest absolute Gasteiger partial charge is 0.484 e. The van der Waals surface area contributed by atoms with E-state index in [4.69, 9.17) is 4.74 Å². The van der Waals surface area contributed by atoms with Gasteiger partial charge in [0.25, 0.3) is 11.8 Å². The van der Waals surface area contributed by atoms with Crippen molar-refractivity contribution in [1.82, 2.24) is 10.9 Å². The van der Waals surface area contributed by atoms with Gasteiger partial charge < -0.3 is 10.1 Å². The highest BCUT2D eigenvalue weighted by molar-refractivity contribution is 5.95. The summed E-state index contributed by atoms with van der Waals surface area (Å²) in [4.78, 5) is 23.6. The number of hydrogen-bond acceptors (Lipinski definition) is 4. The zero-order valence-electron chi connectivity index (χ0n) is 14.8. The van der Waals surface area contributed by atoms with Crippen LogP contribution < -0.4 is 20.9 Å². The molecule has 0 aromatic heterocycles. The van der Waals surface area contributed by atoms with E-state index in [1.807, 2.05) is 42.5 Å². The molecule has 3 rings (SSSR count). The van der Waals surface area contributed by atoms with Gasteiger partial charge in [-0.05, 0) is 60.7 Å². The maximum Gasteiger partial charge on any atom is 0.276 e. The Hall–Kier alpha value is -3.87. The second-order valence-corrected chi connectivity index (χ2v) is 5.81. The minimum Gasteiger partial charge on any atom is -0.484 e. The molecule has 142 valence electrons. The Kier molecular flexibility index (Phi) is 6.20. The van der Waals surface area contributed by atoms with Crippen molar-refractivity contribution in [2.24, 2.45) is 0 Å². The predicted molar refractivity (Wildman–Crippen MR) is 104 cm³/mol. The van der Waals surface area contributed by atoms with Gasteiger partial charge in [-0.1, -0.05) is 18.2 Å². The van der Waals surface area contributed by atoms with Gasteiger partial charge in [-0.25, -0.2) is 4.39 Å². The van der Waals surface area contributed by atoms with Crippen LogP contribution in [0.25, 0.3) is 0 Å². The smallest absolute Gasteiger partial charge is 0.276 e. The third-order valence-electron chi connectivity index (χ3n) is 3.71. The summed E-state index contributed by atoms with van der Waals surface area (Å²) in [6, 6.07) is 21.8. The first-order chi connectivity index (χ1) is 13.6. The van der Waals surface area contributed by atoms with E-state index < -0.39 is 17.6 Å². The molecule has 28 heavy (non-hydrogen) atoms. The van der Waals surface area contributed by atoms with Crippen LogP contribution in [0.3, 0.4) is 0 Å². The van der Waals surface area contributed by atoms with Gasteiger partial charge in [0.2, 0.25) is 0 Å². The third-order valence-corrected chi connectivity index (χ3v) is 3.71. The number of ether oxygens (including phenoxy) is 1. The summed E-state index contributed by atoms with van der Waals surface area (Å²) in [6.07, 6.45) is 0. The molecule has 6 nitrogen and oxygen atoms in total. The average Bonchev–Trinajstić information content (AvgIpc) is 2.73. The zero-order valence-corrected chi connectivity index (χ0v) is 14.8. The SMILES string of the molecule is O=C(COc1ccc(Nc2ccccc2)cc1)NNC(=O)c1ccc(F)cc1. The monoisotopic (exact) mass is 379 g/mol. The summed E-state index contributed by atoms with van der Waals surface area (Å²) in [5, 5.41) is 3.24. The molecular formula is C21H18FN3O3. The number of halogens is 1. The molecule has 0 fully saturated rings. The molecule has 3 aromatic rings. The van der Waals surface area contributed by atoms with Gasteiger partial charge in [0.05, 0.1) is 0 Å². The molecule has 0 bridgehead atoms. The molecule has 0 heterocycles. The lowest BCUT2D eigenvalue weighted by Gasteiger charge is -2.10. The number of anilines is 2. The van der Waals surface area contributed by atoms with Gasteiger partial charge in [0.15, 0.2) is 6.61 Å². The third kappa shape index (κ3) is 5.57. The van der Waals surface area contributed by atoms with E-state index in [0.29, 0.717) is 5.75 Å². The molecule has 0 spiro atoms. The molecule has 2 amide bonds. The molecule has 0 aliphatic heterocycles. The first-order valence-electron chi connectivity index (χ1n) is 8.50. The first-order valence-corrected chi connectivity index (χ1v) is 8.50. The van der Waals surface area contributed by atoms with E-state index in [2.05, 4.69) is 16.2 Å². The Balaban J connectivity index is 1.42. The van der Waals surface area contributed by atoms with Gasteiger partial charge in [-0.15, -0.1) is 0 Å². The van der Waals surface area contributed by atoms with Gasteiger partial charge in [-0.3, -0.25) is 20.4 Å². The van der Waals surface area contributed by atoms with Crippen molar-refractivity contribution in [2.75, 3.05) is 11.9 Å². The Labute approximate surface area is 161 Å². The highest BCUT2D eigenvalue weighted by Crippen LogP contribution is 2.19. The molecule has 0 unspecified atom stereocenters. The fourth-order valence-electron chi connectivity index (χ4n) is 2.31. The molecule has 3 aromatic carbocycles. The summed E-state index contributed by atoms with van der Waals surface area (Å²) in [5.41, 5.74) is 6.56. The van der Waals surface area contributed by atoms with Crippen molar-refractivity contribution >= 4 is 23.2 Å². The number of carbonyl (C=O) groups is 2. The Morgan fingerprint density at radius 1 is 0.786 bits per heavy atom. The van der Waals surface area contributed by atoms with E-state index in [9.17, 15) is 14.0 Å². The van der Waals surface area contributed by atoms with E-state index >= 15 is 0 Å². The van der Waals surface area contributed by atoms with Crippen molar-refractivity contribution in [3.8, 4) is 5.75 Å². The number of nitrogens with one attached hydrogen (secondary N) is 3. The Bertz CT molecular complexity index is 929. The molecule has 0 aliphatic carbocycles. The summed E-state index contributed by atoms with van der Waals surface area (Å²) in [5.74, 6) is -1.01. The summed E-state index contributed by atoms with van der Waals surface area (Å²) in [7, 11) is 0. The van der Waals surface area contributed by atoms with Gasteiger partial charge >= 0.3 is 0 Å². The second kappa shape index (κ2) is 9.18. The van der Waals surface area contributed by atoms with Gasteiger partial charge in [0.1, 0.15) is 11.6 Å². The van der Waals surface area contributed by atoms with Crippen LogP contribution in [0.15, 0.2) is 78.9 Å². The molecule has 3 N–H and O–H groups in total. The topological polar surface area (TPSA) is 79.5 Å². The summed E-state index contributed by atoms with van der Waals surface area (Å²) < 4.78 is 18.2. The van der Waals surface area contributed by atoms with Crippen molar-refractivity contribution in [3.05, 3.63) is 90.2 Å². The minimum atomic E-state index is -0.551. The number of hydrogen-bond donors (Lipinski definition) is 3. The van der Waals surface area contributed by atoms with Crippen molar-refractivity contribution < 1.29 is 18.7 Å². The van der Waals surface area contributed by atoms with E-state index in [-0.39, 0.29) is 12.2 Å². The number of hydrazine groups is 1. The molecular weight excluding hydrogens is 361 g/mol. The standard InChI is InChI=1S/C21H18FN3O3/c22-16-8-6-15(7-9-16)21(27)25-24-20(26)14-28-19-12-10-18(11-13-19)23-17-4-2-1-3-5-17/h1-13,23H,14H2,(H,24,26)(H,25,27). The van der Waals surface area contributed by atoms with Crippen LogP contribution in [0.2, 0.25) is 0 Å².